The number of halogens is 3. The van der Waals surface area contributed by atoms with Gasteiger partial charge in [0, 0.05) is 39.4 Å². The highest BCUT2D eigenvalue weighted by Gasteiger charge is 2.32. The second kappa shape index (κ2) is 10.3. The van der Waals surface area contributed by atoms with Crippen molar-refractivity contribution in [3.05, 3.63) is 36.3 Å². The molecule has 2 aromatic heterocycles. The largest absolute Gasteiger partial charge is 0.389 e. The van der Waals surface area contributed by atoms with Gasteiger partial charge in [0.05, 0.1) is 23.6 Å². The molecule has 180 valence electrons. The number of H-pyrrole nitrogens is 1. The number of aromatic nitrogens is 3. The van der Waals surface area contributed by atoms with Gasteiger partial charge in [0.2, 0.25) is 5.91 Å². The molecule has 0 aromatic carbocycles. The summed E-state index contributed by atoms with van der Waals surface area (Å²) in [5.41, 5.74) is 1.68. The number of carbonyl (C=O) groups is 2. The van der Waals surface area contributed by atoms with Crippen LogP contribution in [0, 0.1) is 11.8 Å². The van der Waals surface area contributed by atoms with E-state index < -0.39 is 24.4 Å². The Morgan fingerprint density at radius 2 is 2.21 bits per heavy atom. The van der Waals surface area contributed by atoms with Crippen molar-refractivity contribution < 1.29 is 27.5 Å². The van der Waals surface area contributed by atoms with Crippen LogP contribution in [-0.4, -0.2) is 70.7 Å². The van der Waals surface area contributed by atoms with Crippen LogP contribution in [0.4, 0.5) is 13.2 Å². The predicted molar refractivity (Wildman–Crippen MR) is 115 cm³/mol. The molecule has 11 heteroatoms. The molecule has 1 saturated heterocycles. The van der Waals surface area contributed by atoms with E-state index in [4.69, 9.17) is 4.74 Å². The van der Waals surface area contributed by atoms with E-state index in [1.54, 1.807) is 18.2 Å². The van der Waals surface area contributed by atoms with E-state index in [1.807, 2.05) is 0 Å². The summed E-state index contributed by atoms with van der Waals surface area (Å²) >= 11 is 0. The van der Waals surface area contributed by atoms with Gasteiger partial charge in [-0.25, -0.2) is 9.97 Å². The average molecular weight is 467 g/mol. The van der Waals surface area contributed by atoms with Crippen molar-refractivity contribution in [3.8, 4) is 0 Å². The molecule has 1 unspecified atom stereocenters. The van der Waals surface area contributed by atoms with Crippen molar-refractivity contribution in [1.29, 1.82) is 0 Å². The molecule has 1 aliphatic heterocycles. The predicted octanol–water partition coefficient (Wildman–Crippen LogP) is 2.87. The standard InChI is InChI=1S/C22H28F3N5O3/c1-4-18(31)30-6-5-14(17(12-30)33-3)7-15-10-26-20-19(29-15)16(11-27-20)21(32)28-9-13(2)8-22(23,24)25/h4,10-11,13-14,17H,1,5-9,12H2,2-3H3,(H,26,27)(H,28,32)/t13?,14-,17-/m1/s1. The minimum atomic E-state index is -4.28. The van der Waals surface area contributed by atoms with Crippen LogP contribution in [0.2, 0.25) is 0 Å². The first-order valence-electron chi connectivity index (χ1n) is 10.7. The number of rotatable bonds is 8. The van der Waals surface area contributed by atoms with Crippen LogP contribution in [-0.2, 0) is 16.0 Å². The van der Waals surface area contributed by atoms with Gasteiger partial charge in [-0.2, -0.15) is 13.2 Å². The lowest BCUT2D eigenvalue weighted by molar-refractivity contribution is -0.142. The number of hydrogen-bond donors (Lipinski definition) is 2. The van der Waals surface area contributed by atoms with Crippen LogP contribution < -0.4 is 5.32 Å². The Kier molecular flexibility index (Phi) is 7.72. The Bertz CT molecular complexity index is 1010. The van der Waals surface area contributed by atoms with Crippen molar-refractivity contribution in [3.63, 3.8) is 0 Å². The van der Waals surface area contributed by atoms with Crippen molar-refractivity contribution in [1.82, 2.24) is 25.2 Å². The van der Waals surface area contributed by atoms with Crippen LogP contribution in [0.25, 0.3) is 11.2 Å². The Morgan fingerprint density at radius 1 is 1.45 bits per heavy atom. The van der Waals surface area contributed by atoms with E-state index in [9.17, 15) is 22.8 Å². The van der Waals surface area contributed by atoms with E-state index in [0.29, 0.717) is 36.4 Å². The van der Waals surface area contributed by atoms with Gasteiger partial charge >= 0.3 is 6.18 Å². The van der Waals surface area contributed by atoms with E-state index in [1.165, 1.54) is 19.2 Å². The highest BCUT2D eigenvalue weighted by molar-refractivity contribution is 6.04. The van der Waals surface area contributed by atoms with E-state index >= 15 is 0 Å². The van der Waals surface area contributed by atoms with Crippen LogP contribution in [0.3, 0.4) is 0 Å². The summed E-state index contributed by atoms with van der Waals surface area (Å²) in [7, 11) is 1.60. The third kappa shape index (κ3) is 6.31. The molecule has 2 amide bonds. The molecule has 0 spiro atoms. The zero-order chi connectivity index (χ0) is 24.2. The fourth-order valence-electron chi connectivity index (χ4n) is 4.09. The number of aromatic amines is 1. The third-order valence-corrected chi connectivity index (χ3v) is 5.82. The molecule has 2 N–H and O–H groups in total. The van der Waals surface area contributed by atoms with Crippen LogP contribution >= 0.6 is 0 Å². The van der Waals surface area contributed by atoms with Gasteiger partial charge in [-0.1, -0.05) is 13.5 Å². The first-order valence-corrected chi connectivity index (χ1v) is 10.7. The lowest BCUT2D eigenvalue weighted by atomic mass is 9.89. The summed E-state index contributed by atoms with van der Waals surface area (Å²) < 4.78 is 43.1. The number of piperidine rings is 1. The fourth-order valence-corrected chi connectivity index (χ4v) is 4.09. The Balaban J connectivity index is 1.68. The monoisotopic (exact) mass is 467 g/mol. The van der Waals surface area contributed by atoms with E-state index in [0.717, 1.165) is 6.42 Å². The van der Waals surface area contributed by atoms with Gasteiger partial charge in [-0.15, -0.1) is 0 Å². The van der Waals surface area contributed by atoms with Gasteiger partial charge in [0.15, 0.2) is 5.65 Å². The summed E-state index contributed by atoms with van der Waals surface area (Å²) in [6, 6.07) is 0. The molecule has 2 aromatic rings. The quantitative estimate of drug-likeness (QED) is 0.582. The number of fused-ring (bicyclic) bond motifs is 1. The molecule has 3 heterocycles. The lowest BCUT2D eigenvalue weighted by Gasteiger charge is -2.37. The van der Waals surface area contributed by atoms with Crippen molar-refractivity contribution >= 4 is 23.0 Å². The van der Waals surface area contributed by atoms with Gasteiger partial charge in [-0.05, 0) is 30.8 Å². The molecule has 0 bridgehead atoms. The molecule has 0 radical (unpaired) electrons. The maximum atomic E-state index is 12.6. The molecule has 3 atom stereocenters. The number of amides is 2. The van der Waals surface area contributed by atoms with E-state index in [-0.39, 0.29) is 30.0 Å². The second-order valence-corrected chi connectivity index (χ2v) is 8.41. The number of hydrogen-bond acceptors (Lipinski definition) is 5. The molecule has 1 fully saturated rings. The normalized spacial score (nSPS) is 20.0. The molecule has 8 nitrogen and oxygen atoms in total. The van der Waals surface area contributed by atoms with Gasteiger partial charge in [0.25, 0.3) is 5.91 Å². The van der Waals surface area contributed by atoms with E-state index in [2.05, 4.69) is 26.8 Å². The number of nitrogens with zero attached hydrogens (tertiary/aromatic N) is 3. The number of ether oxygens (including phenoxy) is 1. The molecular formula is C22H28F3N5O3. The zero-order valence-corrected chi connectivity index (χ0v) is 18.6. The maximum absolute atomic E-state index is 12.6. The number of likely N-dealkylation sites (tertiary alicyclic amines) is 1. The number of carbonyl (C=O) groups excluding carboxylic acids is 2. The smallest absolute Gasteiger partial charge is 0.379 e. The van der Waals surface area contributed by atoms with Crippen LogP contribution in [0.5, 0.6) is 0 Å². The summed E-state index contributed by atoms with van der Waals surface area (Å²) in [5, 5.41) is 2.55. The SMILES string of the molecule is C=CC(=O)N1CC[C@H](Cc2cnc3[nH]cc(C(=O)NCC(C)CC(F)(F)F)c3n2)[C@H](OC)C1. The van der Waals surface area contributed by atoms with Crippen molar-refractivity contribution in [2.75, 3.05) is 26.7 Å². The van der Waals surface area contributed by atoms with Crippen molar-refractivity contribution in [2.45, 2.75) is 38.5 Å². The minimum absolute atomic E-state index is 0.102. The first-order chi connectivity index (χ1) is 15.6. The molecule has 33 heavy (non-hydrogen) atoms. The fraction of sp³-hybridized carbons (Fsp3) is 0.545. The van der Waals surface area contributed by atoms with Gasteiger partial charge in [0.1, 0.15) is 5.52 Å². The first kappa shape index (κ1) is 24.7. The summed E-state index contributed by atoms with van der Waals surface area (Å²) in [4.78, 5) is 38.0. The third-order valence-electron chi connectivity index (χ3n) is 5.82. The zero-order valence-electron chi connectivity index (χ0n) is 18.6. The van der Waals surface area contributed by atoms with Crippen LogP contribution in [0.1, 0.15) is 35.8 Å². The Labute approximate surface area is 189 Å². The average Bonchev–Trinajstić information content (AvgIpc) is 3.19. The molecular weight excluding hydrogens is 439 g/mol. The Morgan fingerprint density at radius 3 is 2.88 bits per heavy atom. The second-order valence-electron chi connectivity index (χ2n) is 8.41. The number of methoxy groups -OCH3 is 1. The highest BCUT2D eigenvalue weighted by atomic mass is 19.4. The van der Waals surface area contributed by atoms with Crippen molar-refractivity contribution in [2.24, 2.45) is 11.8 Å². The maximum Gasteiger partial charge on any atom is 0.389 e. The van der Waals surface area contributed by atoms with Crippen LogP contribution in [0.15, 0.2) is 25.0 Å². The Hall–Kier alpha value is -2.95. The summed E-state index contributed by atoms with van der Waals surface area (Å²) in [6.45, 7) is 5.89. The summed E-state index contributed by atoms with van der Waals surface area (Å²) in [6.07, 6.45) is 0.208. The number of alkyl halides is 3. The topological polar surface area (TPSA) is 100 Å². The van der Waals surface area contributed by atoms with Gasteiger partial charge in [-0.3, -0.25) is 9.59 Å². The molecule has 1 aliphatic rings. The molecule has 0 saturated carbocycles. The lowest BCUT2D eigenvalue weighted by Crippen LogP contribution is -2.47. The molecule has 3 rings (SSSR count). The molecule has 0 aliphatic carbocycles. The van der Waals surface area contributed by atoms with Gasteiger partial charge < -0.3 is 19.9 Å². The summed E-state index contributed by atoms with van der Waals surface area (Å²) in [5.74, 6) is -1.28. The highest BCUT2D eigenvalue weighted by Crippen LogP contribution is 2.26. The minimum Gasteiger partial charge on any atom is -0.379 e. The number of nitrogens with one attached hydrogen (secondary N) is 2.